The smallest absolute Gasteiger partial charge is 0.309 e. The Labute approximate surface area is 218 Å². The molecule has 0 radical (unpaired) electrons. The van der Waals surface area contributed by atoms with E-state index in [1.165, 1.54) is 7.11 Å². The van der Waals surface area contributed by atoms with Gasteiger partial charge in [0.1, 0.15) is 24.4 Å². The Bertz CT molecular complexity index is 1210. The van der Waals surface area contributed by atoms with Gasteiger partial charge in [0.2, 0.25) is 17.9 Å². The highest BCUT2D eigenvalue weighted by atomic mass is 16.7. The summed E-state index contributed by atoms with van der Waals surface area (Å²) in [5.74, 6) is -0.577. The van der Waals surface area contributed by atoms with Crippen molar-refractivity contribution < 1.29 is 53.4 Å². The summed E-state index contributed by atoms with van der Waals surface area (Å²) in [7, 11) is 1.43. The van der Waals surface area contributed by atoms with Crippen LogP contribution in [-0.2, 0) is 31.9 Å². The molecule has 0 bridgehead atoms. The summed E-state index contributed by atoms with van der Waals surface area (Å²) in [5, 5.41) is 44.3. The largest absolute Gasteiger partial charge is 0.490 e. The molecule has 0 unspecified atom stereocenters. The van der Waals surface area contributed by atoms with Crippen molar-refractivity contribution in [3.05, 3.63) is 23.0 Å². The molecule has 2 aromatic rings. The first-order valence-electron chi connectivity index (χ1n) is 12.8. The SMILES string of the molecule is CCOC(=O)[C@H]1CCc2c(c(O[C@@H]3O[C@H](CO)[C@@H](O)[C@H](O)[C@H]3O)c(OC)c3occ([C@@H]4CNC(=O)C4)c23)C1. The number of nitrogens with one attached hydrogen (secondary N) is 1. The molecule has 38 heavy (non-hydrogen) atoms. The third-order valence-electron chi connectivity index (χ3n) is 7.69. The van der Waals surface area contributed by atoms with E-state index in [1.54, 1.807) is 13.2 Å². The zero-order chi connectivity index (χ0) is 27.1. The number of carbonyl (C=O) groups excluding carboxylic acids is 2. The third kappa shape index (κ3) is 4.50. The van der Waals surface area contributed by atoms with Crippen molar-refractivity contribution in [1.29, 1.82) is 0 Å². The van der Waals surface area contributed by atoms with Gasteiger partial charge in [0.15, 0.2) is 11.3 Å². The van der Waals surface area contributed by atoms with Crippen molar-refractivity contribution in [2.45, 2.75) is 69.2 Å². The molecule has 0 spiro atoms. The van der Waals surface area contributed by atoms with Gasteiger partial charge in [-0.1, -0.05) is 0 Å². The normalized spacial score (nSPS) is 31.1. The van der Waals surface area contributed by atoms with E-state index < -0.39 is 43.2 Å². The number of benzene rings is 1. The van der Waals surface area contributed by atoms with E-state index >= 15 is 0 Å². The minimum Gasteiger partial charge on any atom is -0.490 e. The minimum atomic E-state index is -1.64. The van der Waals surface area contributed by atoms with Crippen molar-refractivity contribution in [1.82, 2.24) is 5.32 Å². The fourth-order valence-corrected chi connectivity index (χ4v) is 5.71. The van der Waals surface area contributed by atoms with Crippen LogP contribution in [0, 0.1) is 5.92 Å². The zero-order valence-corrected chi connectivity index (χ0v) is 21.2. The number of aliphatic hydroxyl groups is 4. The Kier molecular flexibility index (Phi) is 7.51. The monoisotopic (exact) mass is 535 g/mol. The molecule has 1 aliphatic carbocycles. The van der Waals surface area contributed by atoms with Gasteiger partial charge in [0.25, 0.3) is 0 Å². The summed E-state index contributed by atoms with van der Waals surface area (Å²) in [5.41, 5.74) is 2.73. The van der Waals surface area contributed by atoms with Crippen LogP contribution in [0.4, 0.5) is 0 Å². The third-order valence-corrected chi connectivity index (χ3v) is 7.69. The van der Waals surface area contributed by atoms with Crippen LogP contribution < -0.4 is 14.8 Å². The molecule has 3 aliphatic rings. The van der Waals surface area contributed by atoms with Gasteiger partial charge in [-0.15, -0.1) is 0 Å². The highest BCUT2D eigenvalue weighted by Crippen LogP contribution is 2.50. The number of ether oxygens (including phenoxy) is 4. The molecule has 3 heterocycles. The van der Waals surface area contributed by atoms with Crippen LogP contribution in [0.5, 0.6) is 11.5 Å². The van der Waals surface area contributed by atoms with Crippen LogP contribution in [0.25, 0.3) is 11.0 Å². The number of hydrogen-bond donors (Lipinski definition) is 5. The molecule has 2 fully saturated rings. The number of furan rings is 1. The second-order valence-electron chi connectivity index (χ2n) is 9.93. The molecule has 2 saturated heterocycles. The number of hydrogen-bond acceptors (Lipinski definition) is 11. The molecule has 7 atom stereocenters. The van der Waals surface area contributed by atoms with Gasteiger partial charge in [-0.3, -0.25) is 9.59 Å². The molecule has 2 aliphatic heterocycles. The first-order chi connectivity index (χ1) is 18.3. The van der Waals surface area contributed by atoms with E-state index in [0.717, 1.165) is 16.5 Å². The molecular weight excluding hydrogens is 502 g/mol. The van der Waals surface area contributed by atoms with Crippen molar-refractivity contribution >= 4 is 22.8 Å². The van der Waals surface area contributed by atoms with Crippen LogP contribution in [0.1, 0.15) is 42.4 Å². The van der Waals surface area contributed by atoms with Crippen molar-refractivity contribution in [3.63, 3.8) is 0 Å². The van der Waals surface area contributed by atoms with E-state index in [4.69, 9.17) is 23.4 Å². The van der Waals surface area contributed by atoms with Gasteiger partial charge in [0, 0.05) is 35.4 Å². The molecule has 5 N–H and O–H groups in total. The summed E-state index contributed by atoms with van der Waals surface area (Å²) in [4.78, 5) is 24.6. The molecule has 0 saturated carbocycles. The lowest BCUT2D eigenvalue weighted by Gasteiger charge is -2.40. The van der Waals surface area contributed by atoms with Gasteiger partial charge in [-0.05, 0) is 31.7 Å². The Hall–Kier alpha value is -2.90. The van der Waals surface area contributed by atoms with Gasteiger partial charge < -0.3 is 49.1 Å². The van der Waals surface area contributed by atoms with Gasteiger partial charge in [0.05, 0.1) is 32.5 Å². The second kappa shape index (κ2) is 10.7. The Morgan fingerprint density at radius 3 is 2.58 bits per heavy atom. The zero-order valence-electron chi connectivity index (χ0n) is 21.2. The molecular formula is C26H33NO11. The summed E-state index contributed by atoms with van der Waals surface area (Å²) < 4.78 is 28.7. The average molecular weight is 536 g/mol. The van der Waals surface area contributed by atoms with E-state index in [1.807, 2.05) is 0 Å². The summed E-state index contributed by atoms with van der Waals surface area (Å²) >= 11 is 0. The number of aliphatic hydroxyl groups excluding tert-OH is 4. The number of fused-ring (bicyclic) bond motifs is 3. The Morgan fingerprint density at radius 1 is 1.13 bits per heavy atom. The molecule has 12 heteroatoms. The maximum Gasteiger partial charge on any atom is 0.309 e. The number of methoxy groups -OCH3 is 1. The summed E-state index contributed by atoms with van der Waals surface area (Å²) in [6.07, 6.45) is -4.26. The summed E-state index contributed by atoms with van der Waals surface area (Å²) in [6, 6.07) is 0. The lowest BCUT2D eigenvalue weighted by molar-refractivity contribution is -0.277. The lowest BCUT2D eigenvalue weighted by Crippen LogP contribution is -2.60. The molecule has 12 nitrogen and oxygen atoms in total. The Balaban J connectivity index is 1.63. The number of carbonyl (C=O) groups is 2. The summed E-state index contributed by atoms with van der Waals surface area (Å²) in [6.45, 7) is 1.84. The van der Waals surface area contributed by atoms with Crippen LogP contribution in [-0.4, -0.2) is 89.9 Å². The van der Waals surface area contributed by atoms with Crippen LogP contribution in [0.2, 0.25) is 0 Å². The van der Waals surface area contributed by atoms with Crippen molar-refractivity contribution in [2.24, 2.45) is 5.92 Å². The van der Waals surface area contributed by atoms with E-state index in [0.29, 0.717) is 37.0 Å². The first kappa shape index (κ1) is 26.7. The first-order valence-corrected chi connectivity index (χ1v) is 12.8. The fraction of sp³-hybridized carbons (Fsp3) is 0.615. The highest BCUT2D eigenvalue weighted by Gasteiger charge is 2.46. The molecule has 5 rings (SSSR count). The van der Waals surface area contributed by atoms with E-state index in [-0.39, 0.29) is 42.3 Å². The average Bonchev–Trinajstić information content (AvgIpc) is 3.55. The number of rotatable bonds is 7. The number of aryl methyl sites for hydroxylation is 1. The van der Waals surface area contributed by atoms with E-state index in [2.05, 4.69) is 5.32 Å². The topological polar surface area (TPSA) is 177 Å². The molecule has 1 aromatic heterocycles. The van der Waals surface area contributed by atoms with Gasteiger partial charge >= 0.3 is 5.97 Å². The second-order valence-corrected chi connectivity index (χ2v) is 9.93. The van der Waals surface area contributed by atoms with Gasteiger partial charge in [-0.2, -0.15) is 0 Å². The van der Waals surface area contributed by atoms with Crippen LogP contribution in [0.15, 0.2) is 10.7 Å². The molecule has 1 aromatic carbocycles. The lowest BCUT2D eigenvalue weighted by atomic mass is 9.80. The maximum absolute atomic E-state index is 12.7. The van der Waals surface area contributed by atoms with Crippen molar-refractivity contribution in [3.8, 4) is 11.5 Å². The maximum atomic E-state index is 12.7. The minimum absolute atomic E-state index is 0.0462. The van der Waals surface area contributed by atoms with Crippen LogP contribution in [0.3, 0.4) is 0 Å². The predicted octanol–water partition coefficient (Wildman–Crippen LogP) is -0.108. The number of esters is 1. The quantitative estimate of drug-likeness (QED) is 0.299. The highest BCUT2D eigenvalue weighted by molar-refractivity contribution is 5.95. The van der Waals surface area contributed by atoms with Crippen molar-refractivity contribution in [2.75, 3.05) is 26.9 Å². The molecule has 208 valence electrons. The Morgan fingerprint density at radius 2 is 1.92 bits per heavy atom. The van der Waals surface area contributed by atoms with E-state index in [9.17, 15) is 30.0 Å². The predicted molar refractivity (Wildman–Crippen MR) is 130 cm³/mol. The number of amides is 1. The standard InChI is InChI=1S/C26H33NO11/c1-3-35-25(33)11-4-5-13-14(6-11)22(38-26-21(32)20(31)19(30)16(9-28)37-26)24(34-2)23-18(13)15(10-36-23)12-7-17(29)27-8-12/h10-12,16,19-21,26,28,30-32H,3-9H2,1-2H3,(H,27,29)/t11-,12-,16+,19+,20-,21+,26-/m0/s1. The fourth-order valence-electron chi connectivity index (χ4n) is 5.71. The van der Waals surface area contributed by atoms with Gasteiger partial charge in [-0.25, -0.2) is 0 Å². The van der Waals surface area contributed by atoms with Crippen LogP contribution >= 0.6 is 0 Å². The molecule has 1 amide bonds.